The van der Waals surface area contributed by atoms with Crippen LogP contribution in [0.25, 0.3) is 0 Å². The first-order valence-electron chi connectivity index (χ1n) is 9.52. The number of nitrogens with zero attached hydrogens (tertiary/aromatic N) is 1. The molecule has 0 bridgehead atoms. The van der Waals surface area contributed by atoms with Crippen molar-refractivity contribution in [3.05, 3.63) is 64.7 Å². The third-order valence-electron chi connectivity index (χ3n) is 5.09. The molecule has 0 amide bonds. The molecule has 1 aliphatic heterocycles. The summed E-state index contributed by atoms with van der Waals surface area (Å²) < 4.78 is 6.12. The van der Waals surface area contributed by atoms with Gasteiger partial charge >= 0.3 is 0 Å². The molecule has 1 saturated heterocycles. The van der Waals surface area contributed by atoms with Crippen molar-refractivity contribution >= 4 is 0 Å². The Morgan fingerprint density at radius 3 is 2.35 bits per heavy atom. The third-order valence-corrected chi connectivity index (χ3v) is 5.09. The molecule has 0 spiro atoms. The quantitative estimate of drug-likeness (QED) is 0.801. The third kappa shape index (κ3) is 4.64. The topological polar surface area (TPSA) is 44.7 Å². The van der Waals surface area contributed by atoms with E-state index in [1.54, 1.807) is 0 Å². The molecule has 0 unspecified atom stereocenters. The summed E-state index contributed by atoms with van der Waals surface area (Å²) in [7, 11) is 0. The molecule has 0 aliphatic carbocycles. The summed E-state index contributed by atoms with van der Waals surface area (Å²) >= 11 is 0. The van der Waals surface area contributed by atoms with Gasteiger partial charge in [-0.1, -0.05) is 42.5 Å². The molecule has 1 atom stereocenters. The standard InChI is InChI=1S/C22H30N2O2/c1-17-14-20(21(8-13-25)24-11-9-23-10-12-24)15-18(2)22(17)26-16-19-6-4-3-5-7-19/h3-7,14-15,21,23,25H,8-13,16H2,1-2H3/t21-/m1/s1. The summed E-state index contributed by atoms with van der Waals surface area (Å²) in [5.41, 5.74) is 4.78. The van der Waals surface area contributed by atoms with Crippen molar-refractivity contribution in [3.63, 3.8) is 0 Å². The Morgan fingerprint density at radius 1 is 1.08 bits per heavy atom. The molecule has 1 heterocycles. The molecular formula is C22H30N2O2. The normalized spacial score (nSPS) is 16.4. The zero-order chi connectivity index (χ0) is 18.4. The van der Waals surface area contributed by atoms with Crippen molar-refractivity contribution in [2.24, 2.45) is 0 Å². The van der Waals surface area contributed by atoms with Crippen molar-refractivity contribution in [1.82, 2.24) is 10.2 Å². The van der Waals surface area contributed by atoms with Gasteiger partial charge in [0.15, 0.2) is 0 Å². The molecule has 1 aliphatic rings. The van der Waals surface area contributed by atoms with Crippen molar-refractivity contribution in [2.75, 3.05) is 32.8 Å². The highest BCUT2D eigenvalue weighted by Gasteiger charge is 2.23. The van der Waals surface area contributed by atoms with Crippen LogP contribution in [0.5, 0.6) is 5.75 Å². The molecule has 0 aromatic heterocycles. The molecule has 4 nitrogen and oxygen atoms in total. The predicted octanol–water partition coefficient (Wildman–Crippen LogP) is 3.21. The van der Waals surface area contributed by atoms with Crippen LogP contribution in [-0.4, -0.2) is 42.8 Å². The molecule has 3 rings (SSSR count). The minimum atomic E-state index is 0.207. The summed E-state index contributed by atoms with van der Waals surface area (Å²) in [5, 5.41) is 13.0. The highest BCUT2D eigenvalue weighted by Crippen LogP contribution is 2.32. The molecule has 2 N–H and O–H groups in total. The molecule has 0 saturated carbocycles. The van der Waals surface area contributed by atoms with Gasteiger partial charge in [-0.3, -0.25) is 4.90 Å². The van der Waals surface area contributed by atoms with Gasteiger partial charge in [0.2, 0.25) is 0 Å². The molecule has 2 aromatic rings. The number of piperazine rings is 1. The number of hydrogen-bond donors (Lipinski definition) is 2. The smallest absolute Gasteiger partial charge is 0.125 e. The molecular weight excluding hydrogens is 324 g/mol. The SMILES string of the molecule is Cc1cc([C@@H](CCO)N2CCNCC2)cc(C)c1OCc1ccccc1. The first kappa shape index (κ1) is 18.9. The molecule has 2 aromatic carbocycles. The summed E-state index contributed by atoms with van der Waals surface area (Å²) in [6.45, 7) is 9.09. The van der Waals surface area contributed by atoms with Crippen LogP contribution >= 0.6 is 0 Å². The maximum Gasteiger partial charge on any atom is 0.125 e. The Labute approximate surface area is 156 Å². The Balaban J connectivity index is 1.78. The summed E-state index contributed by atoms with van der Waals surface area (Å²) in [6.07, 6.45) is 0.767. The summed E-state index contributed by atoms with van der Waals surface area (Å²) in [6, 6.07) is 15.0. The van der Waals surface area contributed by atoms with Crippen LogP contribution in [0.15, 0.2) is 42.5 Å². The molecule has 140 valence electrons. The van der Waals surface area contributed by atoms with E-state index in [0.29, 0.717) is 6.61 Å². The van der Waals surface area contributed by atoms with E-state index in [-0.39, 0.29) is 12.6 Å². The van der Waals surface area contributed by atoms with Gasteiger partial charge in [0, 0.05) is 38.8 Å². The van der Waals surface area contributed by atoms with Crippen molar-refractivity contribution in [1.29, 1.82) is 0 Å². The second-order valence-corrected chi connectivity index (χ2v) is 7.07. The second kappa shape index (κ2) is 9.17. The molecule has 0 radical (unpaired) electrons. The number of ether oxygens (including phenoxy) is 1. The number of aliphatic hydroxyl groups is 1. The van der Waals surface area contributed by atoms with Crippen molar-refractivity contribution < 1.29 is 9.84 Å². The lowest BCUT2D eigenvalue weighted by Gasteiger charge is -2.35. The average molecular weight is 354 g/mol. The molecule has 4 heteroatoms. The van der Waals surface area contributed by atoms with E-state index in [2.05, 4.69) is 48.3 Å². The van der Waals surface area contributed by atoms with Gasteiger partial charge in [-0.05, 0) is 42.5 Å². The predicted molar refractivity (Wildman–Crippen MR) is 106 cm³/mol. The number of rotatable bonds is 7. The van der Waals surface area contributed by atoms with Crippen molar-refractivity contribution in [2.45, 2.75) is 32.9 Å². The van der Waals surface area contributed by atoms with Gasteiger partial charge in [0.05, 0.1) is 0 Å². The number of aliphatic hydroxyl groups excluding tert-OH is 1. The average Bonchev–Trinajstić information content (AvgIpc) is 2.67. The number of nitrogens with one attached hydrogen (secondary N) is 1. The highest BCUT2D eigenvalue weighted by atomic mass is 16.5. The maximum atomic E-state index is 9.57. The van der Waals surface area contributed by atoms with E-state index < -0.39 is 0 Å². The van der Waals surface area contributed by atoms with E-state index in [4.69, 9.17) is 4.74 Å². The second-order valence-electron chi connectivity index (χ2n) is 7.07. The Hall–Kier alpha value is -1.88. The zero-order valence-corrected chi connectivity index (χ0v) is 15.9. The number of hydrogen-bond acceptors (Lipinski definition) is 4. The van der Waals surface area contributed by atoms with Crippen LogP contribution in [0, 0.1) is 13.8 Å². The number of benzene rings is 2. The van der Waals surface area contributed by atoms with Crippen LogP contribution in [-0.2, 0) is 6.61 Å². The minimum absolute atomic E-state index is 0.207. The maximum absolute atomic E-state index is 9.57. The van der Waals surface area contributed by atoms with Gasteiger partial charge in [-0.2, -0.15) is 0 Å². The molecule has 26 heavy (non-hydrogen) atoms. The van der Waals surface area contributed by atoms with Gasteiger partial charge in [0.1, 0.15) is 12.4 Å². The first-order valence-corrected chi connectivity index (χ1v) is 9.52. The lowest BCUT2D eigenvalue weighted by atomic mass is 9.96. The van der Waals surface area contributed by atoms with Crippen LogP contribution in [0.1, 0.15) is 34.7 Å². The van der Waals surface area contributed by atoms with Gasteiger partial charge in [-0.25, -0.2) is 0 Å². The zero-order valence-electron chi connectivity index (χ0n) is 15.9. The van der Waals surface area contributed by atoms with Crippen LogP contribution < -0.4 is 10.1 Å². The summed E-state index contributed by atoms with van der Waals surface area (Å²) in [5.74, 6) is 0.973. The number of aryl methyl sites for hydroxylation is 2. The van der Waals surface area contributed by atoms with Gasteiger partial charge < -0.3 is 15.2 Å². The van der Waals surface area contributed by atoms with Crippen molar-refractivity contribution in [3.8, 4) is 5.75 Å². The fourth-order valence-corrected chi connectivity index (χ4v) is 3.81. The monoisotopic (exact) mass is 354 g/mol. The first-order chi connectivity index (χ1) is 12.7. The minimum Gasteiger partial charge on any atom is -0.488 e. The van der Waals surface area contributed by atoms with Gasteiger partial charge in [-0.15, -0.1) is 0 Å². The fraction of sp³-hybridized carbons (Fsp3) is 0.455. The van der Waals surface area contributed by atoms with E-state index in [0.717, 1.165) is 49.5 Å². The van der Waals surface area contributed by atoms with E-state index >= 15 is 0 Å². The Morgan fingerprint density at radius 2 is 1.73 bits per heavy atom. The van der Waals surface area contributed by atoms with Crippen LogP contribution in [0.4, 0.5) is 0 Å². The van der Waals surface area contributed by atoms with Gasteiger partial charge in [0.25, 0.3) is 0 Å². The molecule has 1 fully saturated rings. The van der Waals surface area contributed by atoms with Crippen LogP contribution in [0.3, 0.4) is 0 Å². The van der Waals surface area contributed by atoms with E-state index in [1.807, 2.05) is 18.2 Å². The van der Waals surface area contributed by atoms with Crippen LogP contribution in [0.2, 0.25) is 0 Å². The van der Waals surface area contributed by atoms with E-state index in [9.17, 15) is 5.11 Å². The highest BCUT2D eigenvalue weighted by molar-refractivity contribution is 5.44. The lowest BCUT2D eigenvalue weighted by Crippen LogP contribution is -2.45. The summed E-state index contributed by atoms with van der Waals surface area (Å²) in [4.78, 5) is 2.48. The largest absolute Gasteiger partial charge is 0.488 e. The fourth-order valence-electron chi connectivity index (χ4n) is 3.81. The Kier molecular flexibility index (Phi) is 6.67. The lowest BCUT2D eigenvalue weighted by molar-refractivity contribution is 0.141. The Bertz CT molecular complexity index is 674. The van der Waals surface area contributed by atoms with E-state index in [1.165, 1.54) is 11.1 Å².